The fourth-order valence-electron chi connectivity index (χ4n) is 0.947. The van der Waals surface area contributed by atoms with Crippen LogP contribution in [0.1, 0.15) is 10.4 Å². The molecule has 0 aliphatic carbocycles. The first-order valence-corrected chi connectivity index (χ1v) is 5.86. The van der Waals surface area contributed by atoms with Crippen molar-refractivity contribution in [2.45, 2.75) is 0 Å². The zero-order chi connectivity index (χ0) is 9.68. The van der Waals surface area contributed by atoms with Gasteiger partial charge in [-0.3, -0.25) is 0 Å². The van der Waals surface area contributed by atoms with Crippen molar-refractivity contribution in [3.05, 3.63) is 29.8 Å². The van der Waals surface area contributed by atoms with Crippen LogP contribution in [-0.4, -0.2) is 40.1 Å². The van der Waals surface area contributed by atoms with E-state index in [0.717, 1.165) is 4.56 Å². The Balaban J connectivity index is 2.82. The molecule has 1 N–H and O–H groups in total. The first-order valence-electron chi connectivity index (χ1n) is 3.84. The third-order valence-electron chi connectivity index (χ3n) is 1.58. The maximum atomic E-state index is 11.4. The molecule has 0 saturated heterocycles. The zero-order valence-corrected chi connectivity index (χ0v) is 10.2. The van der Waals surface area contributed by atoms with Gasteiger partial charge in [0.1, 0.15) is 0 Å². The van der Waals surface area contributed by atoms with E-state index in [0.29, 0.717) is 11.3 Å². The van der Waals surface area contributed by atoms with E-state index >= 15 is 0 Å². The molecule has 67 valence electrons. The first kappa shape index (κ1) is 10.4. The van der Waals surface area contributed by atoms with E-state index in [1.807, 2.05) is 6.07 Å². The molecule has 4 heteroatoms. The molecule has 0 atom stereocenters. The summed E-state index contributed by atoms with van der Waals surface area (Å²) in [6, 6.07) is 7.11. The Kier molecular flexibility index (Phi) is 4.08. The Morgan fingerprint density at radius 2 is 2.38 bits per heavy atom. The Hall–Kier alpha value is -0.711. The van der Waals surface area contributed by atoms with Crippen molar-refractivity contribution >= 4 is 28.4 Å². The molecule has 0 heterocycles. The van der Waals surface area contributed by atoms with E-state index in [-0.39, 0.29) is 5.91 Å². The number of amides is 1. The second kappa shape index (κ2) is 5.11. The molecule has 1 aromatic rings. The molecule has 1 amide bonds. The minimum absolute atomic E-state index is 0.0456. The average molecular weight is 283 g/mol. The number of ether oxygens (including phenoxy) is 1. The maximum absolute atomic E-state index is 11.4. The summed E-state index contributed by atoms with van der Waals surface area (Å²) >= 11 is 1.30. The third-order valence-corrected chi connectivity index (χ3v) is 2.09. The molecule has 0 aromatic heterocycles. The fourth-order valence-corrected chi connectivity index (χ4v) is 1.40. The standard InChI is InChI=1S/C9H10NO2.Sn/c1-10-9(11)7-4-3-5-8(6-7)12-2;/h3-6H,1H2,2H3,(H,10,11);. The number of benzene rings is 1. The van der Waals surface area contributed by atoms with Gasteiger partial charge in [-0.1, -0.05) is 0 Å². The van der Waals surface area contributed by atoms with Gasteiger partial charge in [-0.15, -0.1) is 0 Å². The number of hydrogen-bond donors (Lipinski definition) is 1. The van der Waals surface area contributed by atoms with Crippen LogP contribution in [0.25, 0.3) is 0 Å². The summed E-state index contributed by atoms with van der Waals surface area (Å²) < 4.78 is 5.73. The average Bonchev–Trinajstić information content (AvgIpc) is 2.18. The Morgan fingerprint density at radius 1 is 1.62 bits per heavy atom. The molecule has 1 rings (SSSR count). The van der Waals surface area contributed by atoms with Gasteiger partial charge in [0.05, 0.1) is 0 Å². The fraction of sp³-hybridized carbons (Fsp3) is 0.222. The first-order chi connectivity index (χ1) is 6.27. The molecule has 0 spiro atoms. The monoisotopic (exact) mass is 284 g/mol. The molecular weight excluding hydrogens is 273 g/mol. The van der Waals surface area contributed by atoms with E-state index < -0.39 is 0 Å². The van der Waals surface area contributed by atoms with Gasteiger partial charge in [0.15, 0.2) is 0 Å². The minimum atomic E-state index is -0.0456. The zero-order valence-electron chi connectivity index (χ0n) is 7.33. The normalized spacial score (nSPS) is 9.38. The molecule has 0 fully saturated rings. The molecule has 0 bridgehead atoms. The second-order valence-electron chi connectivity index (χ2n) is 2.41. The summed E-state index contributed by atoms with van der Waals surface area (Å²) in [6.45, 7) is 0. The van der Waals surface area contributed by atoms with Gasteiger partial charge in [0.2, 0.25) is 0 Å². The van der Waals surface area contributed by atoms with Crippen molar-refractivity contribution in [1.29, 1.82) is 0 Å². The Labute approximate surface area is 90.6 Å². The summed E-state index contributed by atoms with van der Waals surface area (Å²) in [6.07, 6.45) is 0. The number of rotatable bonds is 3. The van der Waals surface area contributed by atoms with Gasteiger partial charge in [-0.05, 0) is 0 Å². The second-order valence-corrected chi connectivity index (χ2v) is 3.42. The molecule has 3 nitrogen and oxygen atoms in total. The van der Waals surface area contributed by atoms with Gasteiger partial charge < -0.3 is 0 Å². The van der Waals surface area contributed by atoms with Crippen LogP contribution >= 0.6 is 0 Å². The SMILES string of the molecule is COc1cccc(C(=O)N[CH2][Sn])c1. The topological polar surface area (TPSA) is 38.3 Å². The van der Waals surface area contributed by atoms with Gasteiger partial charge in [0, 0.05) is 0 Å². The Bertz CT molecular complexity index is 301. The summed E-state index contributed by atoms with van der Waals surface area (Å²) in [5.41, 5.74) is 0.641. The predicted octanol–water partition coefficient (Wildman–Crippen LogP) is 0.551. The Morgan fingerprint density at radius 3 is 3.00 bits per heavy atom. The number of carbonyl (C=O) groups is 1. The van der Waals surface area contributed by atoms with Crippen LogP contribution in [0.15, 0.2) is 24.3 Å². The van der Waals surface area contributed by atoms with E-state index in [1.165, 1.54) is 22.5 Å². The van der Waals surface area contributed by atoms with Gasteiger partial charge >= 0.3 is 90.5 Å². The molecule has 13 heavy (non-hydrogen) atoms. The van der Waals surface area contributed by atoms with Crippen molar-refractivity contribution in [3.8, 4) is 5.75 Å². The molecule has 0 aliphatic heterocycles. The molecular formula is C9H10NO2Sn. The number of hydrogen-bond acceptors (Lipinski definition) is 2. The summed E-state index contributed by atoms with van der Waals surface area (Å²) in [5, 5.41) is 2.76. The van der Waals surface area contributed by atoms with Crippen LogP contribution in [0.2, 0.25) is 0 Å². The van der Waals surface area contributed by atoms with Crippen molar-refractivity contribution in [2.75, 3.05) is 11.7 Å². The molecule has 1 aromatic carbocycles. The summed E-state index contributed by atoms with van der Waals surface area (Å²) in [7, 11) is 1.58. The van der Waals surface area contributed by atoms with Crippen molar-refractivity contribution in [1.82, 2.24) is 5.32 Å². The molecule has 0 aliphatic rings. The third kappa shape index (κ3) is 2.91. The van der Waals surface area contributed by atoms with E-state index in [2.05, 4.69) is 5.32 Å². The van der Waals surface area contributed by atoms with E-state index in [1.54, 1.807) is 25.3 Å². The summed E-state index contributed by atoms with van der Waals surface area (Å²) in [4.78, 5) is 11.4. The van der Waals surface area contributed by atoms with E-state index in [9.17, 15) is 4.79 Å². The molecule has 3 radical (unpaired) electrons. The van der Waals surface area contributed by atoms with Crippen LogP contribution in [0, 0.1) is 0 Å². The van der Waals surface area contributed by atoms with Crippen LogP contribution < -0.4 is 10.1 Å². The van der Waals surface area contributed by atoms with Crippen molar-refractivity contribution in [3.63, 3.8) is 0 Å². The summed E-state index contributed by atoms with van der Waals surface area (Å²) in [5.74, 6) is 0.660. The van der Waals surface area contributed by atoms with Gasteiger partial charge in [-0.2, -0.15) is 0 Å². The van der Waals surface area contributed by atoms with Crippen molar-refractivity contribution in [2.24, 2.45) is 0 Å². The quantitative estimate of drug-likeness (QED) is 0.823. The van der Waals surface area contributed by atoms with Gasteiger partial charge in [-0.25, -0.2) is 0 Å². The predicted molar refractivity (Wildman–Crippen MR) is 51.1 cm³/mol. The van der Waals surface area contributed by atoms with Crippen LogP contribution in [0.3, 0.4) is 0 Å². The molecule has 0 unspecified atom stereocenters. The van der Waals surface area contributed by atoms with E-state index in [4.69, 9.17) is 4.74 Å². The van der Waals surface area contributed by atoms with Crippen LogP contribution in [0.4, 0.5) is 0 Å². The number of carbonyl (C=O) groups excluding carboxylic acids is 1. The van der Waals surface area contributed by atoms with Gasteiger partial charge in [0.25, 0.3) is 0 Å². The number of methoxy groups -OCH3 is 1. The van der Waals surface area contributed by atoms with Crippen molar-refractivity contribution < 1.29 is 9.53 Å². The van der Waals surface area contributed by atoms with Crippen LogP contribution in [-0.2, 0) is 0 Å². The van der Waals surface area contributed by atoms with Crippen LogP contribution in [0.5, 0.6) is 5.75 Å². The molecule has 0 saturated carbocycles. The number of nitrogens with one attached hydrogen (secondary N) is 1.